The fraction of sp³-hybridized carbons (Fsp3) is 0.333. The Labute approximate surface area is 94.6 Å². The van der Waals surface area contributed by atoms with E-state index in [1.54, 1.807) is 11.0 Å². The molecule has 0 amide bonds. The largest absolute Gasteiger partial charge is 0.386 e. The molecule has 0 bridgehead atoms. The number of aromatic nitrogens is 3. The first kappa shape index (κ1) is 10.8. The Morgan fingerprint density at radius 2 is 1.94 bits per heavy atom. The molecule has 1 aromatic heterocycles. The molecule has 2 aromatic rings. The molecule has 0 fully saturated rings. The van der Waals surface area contributed by atoms with Crippen molar-refractivity contribution in [2.24, 2.45) is 0 Å². The van der Waals surface area contributed by atoms with Crippen LogP contribution in [0.1, 0.15) is 30.2 Å². The lowest BCUT2D eigenvalue weighted by molar-refractivity contribution is 0.115. The minimum Gasteiger partial charge on any atom is -0.386 e. The van der Waals surface area contributed by atoms with Gasteiger partial charge in [0.15, 0.2) is 0 Å². The van der Waals surface area contributed by atoms with Crippen molar-refractivity contribution in [1.82, 2.24) is 14.8 Å². The first-order chi connectivity index (χ1) is 7.68. The zero-order chi connectivity index (χ0) is 11.5. The van der Waals surface area contributed by atoms with Crippen LogP contribution in [0.5, 0.6) is 0 Å². The molecule has 2 unspecified atom stereocenters. The molecule has 16 heavy (non-hydrogen) atoms. The summed E-state index contributed by atoms with van der Waals surface area (Å²) in [5.74, 6) is 0. The Kier molecular flexibility index (Phi) is 3.01. The van der Waals surface area contributed by atoms with Crippen LogP contribution in [0.25, 0.3) is 0 Å². The Hall–Kier alpha value is -1.68. The van der Waals surface area contributed by atoms with Crippen LogP contribution in [0.2, 0.25) is 0 Å². The number of nitrogens with zero attached hydrogens (tertiary/aromatic N) is 3. The van der Waals surface area contributed by atoms with Gasteiger partial charge < -0.3 is 5.11 Å². The predicted octanol–water partition coefficient (Wildman–Crippen LogP) is 1.88. The summed E-state index contributed by atoms with van der Waals surface area (Å²) >= 11 is 0. The summed E-state index contributed by atoms with van der Waals surface area (Å²) < 4.78 is 1.66. The highest BCUT2D eigenvalue weighted by Crippen LogP contribution is 2.24. The molecule has 0 spiro atoms. The second-order valence-corrected chi connectivity index (χ2v) is 3.97. The van der Waals surface area contributed by atoms with E-state index in [1.807, 2.05) is 38.1 Å². The number of aliphatic hydroxyl groups is 1. The molecule has 0 aliphatic rings. The van der Waals surface area contributed by atoms with Gasteiger partial charge in [0.1, 0.15) is 18.8 Å². The monoisotopic (exact) mass is 217 g/mol. The zero-order valence-corrected chi connectivity index (χ0v) is 9.41. The normalized spacial score (nSPS) is 14.7. The van der Waals surface area contributed by atoms with Crippen molar-refractivity contribution in [2.75, 3.05) is 0 Å². The molecule has 2 atom stereocenters. The van der Waals surface area contributed by atoms with Gasteiger partial charge in [-0.15, -0.1) is 0 Å². The number of aliphatic hydroxyl groups excluding tert-OH is 1. The molecule has 1 heterocycles. The van der Waals surface area contributed by atoms with E-state index in [-0.39, 0.29) is 6.04 Å². The van der Waals surface area contributed by atoms with E-state index in [2.05, 4.69) is 10.1 Å². The van der Waals surface area contributed by atoms with Crippen molar-refractivity contribution in [3.63, 3.8) is 0 Å². The van der Waals surface area contributed by atoms with E-state index in [9.17, 15) is 5.11 Å². The third-order valence-electron chi connectivity index (χ3n) is 2.73. The summed E-state index contributed by atoms with van der Waals surface area (Å²) in [4.78, 5) is 3.87. The van der Waals surface area contributed by atoms with Crippen LogP contribution in [0, 0.1) is 6.92 Å². The van der Waals surface area contributed by atoms with Gasteiger partial charge in [0.05, 0.1) is 6.04 Å². The summed E-state index contributed by atoms with van der Waals surface area (Å²) in [6.07, 6.45) is 2.52. The van der Waals surface area contributed by atoms with Gasteiger partial charge in [-0.25, -0.2) is 9.67 Å². The van der Waals surface area contributed by atoms with Crippen LogP contribution in [0.4, 0.5) is 0 Å². The fourth-order valence-corrected chi connectivity index (χ4v) is 1.61. The van der Waals surface area contributed by atoms with Crippen molar-refractivity contribution >= 4 is 0 Å². The summed E-state index contributed by atoms with van der Waals surface area (Å²) in [7, 11) is 0. The maximum absolute atomic E-state index is 10.2. The van der Waals surface area contributed by atoms with E-state index in [0.29, 0.717) is 0 Å². The predicted molar refractivity (Wildman–Crippen MR) is 60.9 cm³/mol. The van der Waals surface area contributed by atoms with Gasteiger partial charge in [0.25, 0.3) is 0 Å². The van der Waals surface area contributed by atoms with Crippen molar-refractivity contribution in [2.45, 2.75) is 26.0 Å². The Morgan fingerprint density at radius 1 is 1.25 bits per heavy atom. The lowest BCUT2D eigenvalue weighted by atomic mass is 10.0. The third kappa shape index (κ3) is 2.12. The first-order valence-electron chi connectivity index (χ1n) is 5.27. The van der Waals surface area contributed by atoms with Gasteiger partial charge >= 0.3 is 0 Å². The first-order valence-corrected chi connectivity index (χ1v) is 5.27. The molecule has 4 heteroatoms. The van der Waals surface area contributed by atoms with E-state index < -0.39 is 6.10 Å². The molecular weight excluding hydrogens is 202 g/mol. The highest BCUT2D eigenvalue weighted by Gasteiger charge is 2.18. The van der Waals surface area contributed by atoms with Gasteiger partial charge in [-0.3, -0.25) is 0 Å². The van der Waals surface area contributed by atoms with Crippen molar-refractivity contribution in [1.29, 1.82) is 0 Å². The standard InChI is InChI=1S/C12H15N3O/c1-9-3-5-11(6-4-9)12(16)10(2)15-8-13-7-14-15/h3-8,10,12,16H,1-2H3. The van der Waals surface area contributed by atoms with E-state index in [1.165, 1.54) is 11.9 Å². The van der Waals surface area contributed by atoms with Gasteiger partial charge in [-0.05, 0) is 19.4 Å². The molecule has 2 rings (SSSR count). The lowest BCUT2D eigenvalue weighted by Crippen LogP contribution is -2.15. The number of hydrogen-bond acceptors (Lipinski definition) is 3. The van der Waals surface area contributed by atoms with Crippen LogP contribution >= 0.6 is 0 Å². The minimum absolute atomic E-state index is 0.120. The van der Waals surface area contributed by atoms with Crippen LogP contribution in [0.15, 0.2) is 36.9 Å². The molecule has 0 aliphatic carbocycles. The van der Waals surface area contributed by atoms with Crippen LogP contribution in [-0.4, -0.2) is 19.9 Å². The smallest absolute Gasteiger partial charge is 0.137 e. The van der Waals surface area contributed by atoms with Gasteiger partial charge in [-0.2, -0.15) is 5.10 Å². The maximum atomic E-state index is 10.2. The SMILES string of the molecule is Cc1ccc(C(O)C(C)n2cncn2)cc1. The molecule has 0 radical (unpaired) electrons. The molecule has 0 saturated heterocycles. The topological polar surface area (TPSA) is 50.9 Å². The molecule has 84 valence electrons. The number of rotatable bonds is 3. The number of hydrogen-bond donors (Lipinski definition) is 1. The summed E-state index contributed by atoms with van der Waals surface area (Å²) in [5, 5.41) is 14.2. The van der Waals surface area contributed by atoms with Crippen LogP contribution < -0.4 is 0 Å². The van der Waals surface area contributed by atoms with Gasteiger partial charge in [0, 0.05) is 0 Å². The highest BCUT2D eigenvalue weighted by atomic mass is 16.3. The molecular formula is C12H15N3O. The summed E-state index contributed by atoms with van der Waals surface area (Å²) in [6.45, 7) is 3.94. The fourth-order valence-electron chi connectivity index (χ4n) is 1.61. The Bertz CT molecular complexity index is 436. The quantitative estimate of drug-likeness (QED) is 0.854. The van der Waals surface area contributed by atoms with Crippen molar-refractivity contribution < 1.29 is 5.11 Å². The second-order valence-electron chi connectivity index (χ2n) is 3.97. The van der Waals surface area contributed by atoms with E-state index >= 15 is 0 Å². The summed E-state index contributed by atoms with van der Waals surface area (Å²) in [5.41, 5.74) is 2.08. The molecule has 0 saturated carbocycles. The highest BCUT2D eigenvalue weighted by molar-refractivity contribution is 5.23. The second kappa shape index (κ2) is 4.45. The van der Waals surface area contributed by atoms with Crippen LogP contribution in [0.3, 0.4) is 0 Å². The van der Waals surface area contributed by atoms with Gasteiger partial charge in [0.2, 0.25) is 0 Å². The van der Waals surface area contributed by atoms with E-state index in [4.69, 9.17) is 0 Å². The Morgan fingerprint density at radius 3 is 2.50 bits per heavy atom. The maximum Gasteiger partial charge on any atom is 0.137 e. The van der Waals surface area contributed by atoms with Crippen LogP contribution in [-0.2, 0) is 0 Å². The molecule has 0 aliphatic heterocycles. The zero-order valence-electron chi connectivity index (χ0n) is 9.41. The van der Waals surface area contributed by atoms with Gasteiger partial charge in [-0.1, -0.05) is 29.8 Å². The number of aryl methyl sites for hydroxylation is 1. The Balaban J connectivity index is 2.19. The van der Waals surface area contributed by atoms with E-state index in [0.717, 1.165) is 5.56 Å². The van der Waals surface area contributed by atoms with Crippen molar-refractivity contribution in [3.05, 3.63) is 48.0 Å². The average molecular weight is 217 g/mol. The average Bonchev–Trinajstić information content (AvgIpc) is 2.81. The van der Waals surface area contributed by atoms with Crippen molar-refractivity contribution in [3.8, 4) is 0 Å². The third-order valence-corrected chi connectivity index (χ3v) is 2.73. The lowest BCUT2D eigenvalue weighted by Gasteiger charge is -2.19. The number of benzene rings is 1. The minimum atomic E-state index is -0.567. The molecule has 1 aromatic carbocycles. The summed E-state index contributed by atoms with van der Waals surface area (Å²) in [6, 6.07) is 7.74. The molecule has 4 nitrogen and oxygen atoms in total. The molecule has 1 N–H and O–H groups in total.